The zero-order valence-electron chi connectivity index (χ0n) is 11.6. The van der Waals surface area contributed by atoms with Crippen LogP contribution in [0.5, 0.6) is 0 Å². The normalized spacial score (nSPS) is 20.2. The number of likely N-dealkylation sites (tertiary alicyclic amines) is 1. The Morgan fingerprint density at radius 3 is 2.79 bits per heavy atom. The van der Waals surface area contributed by atoms with Crippen molar-refractivity contribution in [3.05, 3.63) is 24.3 Å². The molecule has 1 amide bonds. The Bertz CT molecular complexity index is 416. The lowest BCUT2D eigenvalue weighted by Gasteiger charge is -2.33. The maximum Gasteiger partial charge on any atom is 0.225 e. The second kappa shape index (κ2) is 6.57. The fraction of sp³-hybridized carbons (Fsp3) is 0.533. The van der Waals surface area contributed by atoms with Crippen LogP contribution in [0.3, 0.4) is 0 Å². The van der Waals surface area contributed by atoms with Gasteiger partial charge in [0.2, 0.25) is 5.91 Å². The third-order valence-electron chi connectivity index (χ3n) is 3.76. The number of anilines is 2. The molecule has 104 valence electrons. The van der Waals surface area contributed by atoms with Crippen molar-refractivity contribution >= 4 is 17.3 Å². The van der Waals surface area contributed by atoms with Gasteiger partial charge < -0.3 is 16.0 Å². The molecular formula is C15H23N3O. The number of piperidine rings is 1. The number of benzene rings is 1. The Balaban J connectivity index is 1.76. The molecule has 3 N–H and O–H groups in total. The van der Waals surface area contributed by atoms with Crippen LogP contribution in [-0.2, 0) is 4.79 Å². The molecule has 0 bridgehead atoms. The molecular weight excluding hydrogens is 238 g/mol. The minimum atomic E-state index is 0.0718. The number of nitrogen functional groups attached to an aromatic ring is 1. The van der Waals surface area contributed by atoms with Gasteiger partial charge in [0.25, 0.3) is 0 Å². The highest BCUT2D eigenvalue weighted by atomic mass is 16.1. The van der Waals surface area contributed by atoms with Crippen molar-refractivity contribution in [1.82, 2.24) is 4.90 Å². The Labute approximate surface area is 115 Å². The van der Waals surface area contributed by atoms with Crippen LogP contribution in [0.4, 0.5) is 11.4 Å². The summed E-state index contributed by atoms with van der Waals surface area (Å²) in [6.07, 6.45) is 4.37. The molecule has 1 heterocycles. The maximum absolute atomic E-state index is 11.9. The summed E-state index contributed by atoms with van der Waals surface area (Å²) in [7, 11) is 0. The third-order valence-corrected chi connectivity index (χ3v) is 3.76. The lowest BCUT2D eigenvalue weighted by atomic mass is 10.0. The van der Waals surface area contributed by atoms with Gasteiger partial charge in [-0.05, 0) is 50.6 Å². The third kappa shape index (κ3) is 4.24. The van der Waals surface area contributed by atoms with E-state index in [1.54, 1.807) is 12.1 Å². The van der Waals surface area contributed by atoms with E-state index in [1.807, 2.05) is 12.1 Å². The van der Waals surface area contributed by atoms with Gasteiger partial charge in [0.05, 0.1) is 0 Å². The van der Waals surface area contributed by atoms with E-state index < -0.39 is 0 Å². The first-order chi connectivity index (χ1) is 9.15. The standard InChI is InChI=1S/C15H23N3O/c1-12-4-2-3-10-18(12)11-9-15(19)17-14-7-5-13(16)6-8-14/h5-8,12H,2-4,9-11,16H2,1H3,(H,17,19). The summed E-state index contributed by atoms with van der Waals surface area (Å²) in [6.45, 7) is 4.22. The van der Waals surface area contributed by atoms with E-state index in [0.29, 0.717) is 18.2 Å². The van der Waals surface area contributed by atoms with Gasteiger partial charge in [0.15, 0.2) is 0 Å². The van der Waals surface area contributed by atoms with Gasteiger partial charge in [-0.2, -0.15) is 0 Å². The average Bonchev–Trinajstić information content (AvgIpc) is 2.40. The molecule has 1 unspecified atom stereocenters. The molecule has 0 aliphatic carbocycles. The van der Waals surface area contributed by atoms with Crippen molar-refractivity contribution in [2.45, 2.75) is 38.6 Å². The number of rotatable bonds is 4. The zero-order valence-corrected chi connectivity index (χ0v) is 11.6. The predicted octanol–water partition coefficient (Wildman–Crippen LogP) is 2.47. The van der Waals surface area contributed by atoms with Gasteiger partial charge in [0, 0.05) is 30.4 Å². The molecule has 1 atom stereocenters. The smallest absolute Gasteiger partial charge is 0.225 e. The van der Waals surface area contributed by atoms with E-state index in [-0.39, 0.29) is 5.91 Å². The summed E-state index contributed by atoms with van der Waals surface area (Å²) in [5, 5.41) is 2.90. The number of amides is 1. The molecule has 1 aliphatic heterocycles. The highest BCUT2D eigenvalue weighted by molar-refractivity contribution is 5.90. The monoisotopic (exact) mass is 261 g/mol. The van der Waals surface area contributed by atoms with Crippen LogP contribution in [0.15, 0.2) is 24.3 Å². The highest BCUT2D eigenvalue weighted by Crippen LogP contribution is 2.16. The number of carbonyl (C=O) groups is 1. The molecule has 4 heteroatoms. The maximum atomic E-state index is 11.9. The first kappa shape index (κ1) is 13.9. The molecule has 0 radical (unpaired) electrons. The number of nitrogens with two attached hydrogens (primary N) is 1. The molecule has 19 heavy (non-hydrogen) atoms. The summed E-state index contributed by atoms with van der Waals surface area (Å²) in [5.74, 6) is 0.0718. The van der Waals surface area contributed by atoms with Gasteiger partial charge in [-0.25, -0.2) is 0 Å². The van der Waals surface area contributed by atoms with Gasteiger partial charge in [-0.15, -0.1) is 0 Å². The molecule has 1 aromatic carbocycles. The van der Waals surface area contributed by atoms with Crippen LogP contribution in [0, 0.1) is 0 Å². The van der Waals surface area contributed by atoms with Crippen LogP contribution >= 0.6 is 0 Å². The molecule has 0 aromatic heterocycles. The van der Waals surface area contributed by atoms with Gasteiger partial charge in [0.1, 0.15) is 0 Å². The van der Waals surface area contributed by atoms with E-state index in [4.69, 9.17) is 5.73 Å². The minimum Gasteiger partial charge on any atom is -0.399 e. The molecule has 1 aliphatic rings. The van der Waals surface area contributed by atoms with Crippen LogP contribution < -0.4 is 11.1 Å². The van der Waals surface area contributed by atoms with Crippen LogP contribution in [-0.4, -0.2) is 29.9 Å². The van der Waals surface area contributed by atoms with Crippen molar-refractivity contribution < 1.29 is 4.79 Å². The number of nitrogens with one attached hydrogen (secondary N) is 1. The number of hydrogen-bond donors (Lipinski definition) is 2. The fourth-order valence-electron chi connectivity index (χ4n) is 2.52. The highest BCUT2D eigenvalue weighted by Gasteiger charge is 2.18. The van der Waals surface area contributed by atoms with Crippen molar-refractivity contribution in [3.63, 3.8) is 0 Å². The number of carbonyl (C=O) groups excluding carboxylic acids is 1. The summed E-state index contributed by atoms with van der Waals surface area (Å²) >= 11 is 0. The van der Waals surface area contributed by atoms with E-state index in [1.165, 1.54) is 19.3 Å². The lowest BCUT2D eigenvalue weighted by molar-refractivity contribution is -0.116. The van der Waals surface area contributed by atoms with Crippen LogP contribution in [0.2, 0.25) is 0 Å². The molecule has 1 fully saturated rings. The Morgan fingerprint density at radius 2 is 2.11 bits per heavy atom. The van der Waals surface area contributed by atoms with Gasteiger partial charge >= 0.3 is 0 Å². The average molecular weight is 261 g/mol. The molecule has 2 rings (SSSR count). The summed E-state index contributed by atoms with van der Waals surface area (Å²) < 4.78 is 0. The lowest BCUT2D eigenvalue weighted by Crippen LogP contribution is -2.39. The predicted molar refractivity (Wildman–Crippen MR) is 79.0 cm³/mol. The van der Waals surface area contributed by atoms with Crippen molar-refractivity contribution in [2.24, 2.45) is 0 Å². The summed E-state index contributed by atoms with van der Waals surface area (Å²) in [4.78, 5) is 14.3. The summed E-state index contributed by atoms with van der Waals surface area (Å²) in [5.41, 5.74) is 7.13. The van der Waals surface area contributed by atoms with E-state index in [2.05, 4.69) is 17.1 Å². The van der Waals surface area contributed by atoms with E-state index >= 15 is 0 Å². The second-order valence-electron chi connectivity index (χ2n) is 5.30. The van der Waals surface area contributed by atoms with Gasteiger partial charge in [-0.3, -0.25) is 4.79 Å². The molecule has 4 nitrogen and oxygen atoms in total. The van der Waals surface area contributed by atoms with Crippen molar-refractivity contribution in [1.29, 1.82) is 0 Å². The van der Waals surface area contributed by atoms with Crippen molar-refractivity contribution in [3.8, 4) is 0 Å². The topological polar surface area (TPSA) is 58.4 Å². The quantitative estimate of drug-likeness (QED) is 0.819. The Hall–Kier alpha value is -1.55. The molecule has 1 aromatic rings. The largest absolute Gasteiger partial charge is 0.399 e. The van der Waals surface area contributed by atoms with Crippen LogP contribution in [0.25, 0.3) is 0 Å². The van der Waals surface area contributed by atoms with Crippen LogP contribution in [0.1, 0.15) is 32.6 Å². The Kier molecular flexibility index (Phi) is 4.80. The SMILES string of the molecule is CC1CCCCN1CCC(=O)Nc1ccc(N)cc1. The minimum absolute atomic E-state index is 0.0718. The molecule has 0 saturated carbocycles. The van der Waals surface area contributed by atoms with E-state index in [9.17, 15) is 4.79 Å². The van der Waals surface area contributed by atoms with Gasteiger partial charge in [-0.1, -0.05) is 6.42 Å². The fourth-order valence-corrected chi connectivity index (χ4v) is 2.52. The molecule has 1 saturated heterocycles. The van der Waals surface area contributed by atoms with E-state index in [0.717, 1.165) is 18.8 Å². The Morgan fingerprint density at radius 1 is 1.37 bits per heavy atom. The first-order valence-electron chi connectivity index (χ1n) is 7.04. The first-order valence-corrected chi connectivity index (χ1v) is 7.04. The number of hydrogen-bond acceptors (Lipinski definition) is 3. The van der Waals surface area contributed by atoms with Crippen molar-refractivity contribution in [2.75, 3.05) is 24.1 Å². The summed E-state index contributed by atoms with van der Waals surface area (Å²) in [6, 6.07) is 7.86. The number of nitrogens with zero attached hydrogens (tertiary/aromatic N) is 1. The molecule has 0 spiro atoms. The second-order valence-corrected chi connectivity index (χ2v) is 5.30. The zero-order chi connectivity index (χ0) is 13.7.